The third-order valence-corrected chi connectivity index (χ3v) is 3.45. The second-order valence-corrected chi connectivity index (χ2v) is 4.93. The number of nitro groups is 1. The highest BCUT2D eigenvalue weighted by atomic mass is 19.1. The van der Waals surface area contributed by atoms with Crippen LogP contribution in [-0.2, 0) is 6.61 Å². The van der Waals surface area contributed by atoms with E-state index in [1.807, 2.05) is 0 Å². The van der Waals surface area contributed by atoms with E-state index in [-0.39, 0.29) is 28.3 Å². The van der Waals surface area contributed by atoms with Crippen molar-refractivity contribution < 1.29 is 23.3 Å². The first-order valence-electron chi connectivity index (χ1n) is 6.81. The van der Waals surface area contributed by atoms with Crippen molar-refractivity contribution in [3.8, 4) is 22.6 Å². The van der Waals surface area contributed by atoms with Crippen LogP contribution in [0.25, 0.3) is 22.6 Å². The van der Waals surface area contributed by atoms with Crippen LogP contribution in [0.3, 0.4) is 0 Å². The van der Waals surface area contributed by atoms with Crippen LogP contribution < -0.4 is 0 Å². The number of nitrogens with zero attached hydrogens (tertiary/aromatic N) is 2. The molecular weight excluding hydrogens is 322 g/mol. The molecule has 0 amide bonds. The molecule has 0 saturated carbocycles. The van der Waals surface area contributed by atoms with E-state index in [9.17, 15) is 24.0 Å². The zero-order chi connectivity index (χ0) is 17.3. The van der Waals surface area contributed by atoms with Crippen LogP contribution >= 0.6 is 0 Å². The summed E-state index contributed by atoms with van der Waals surface area (Å²) in [5.41, 5.74) is 0.422. The maximum Gasteiger partial charge on any atom is 0.270 e. The van der Waals surface area contributed by atoms with Gasteiger partial charge in [-0.3, -0.25) is 10.1 Å². The monoisotopic (exact) mass is 332 g/mol. The van der Waals surface area contributed by atoms with E-state index in [0.717, 1.165) is 6.07 Å². The molecule has 0 radical (unpaired) electrons. The highest BCUT2D eigenvalue weighted by Gasteiger charge is 2.22. The molecule has 0 saturated heterocycles. The van der Waals surface area contributed by atoms with Crippen molar-refractivity contribution >= 4 is 5.69 Å². The number of aliphatic hydroxyl groups excluding tert-OH is 1. The number of hydrogen-bond donors (Lipinski definition) is 1. The molecule has 0 unspecified atom stereocenters. The number of rotatable bonds is 4. The highest BCUT2D eigenvalue weighted by Crippen LogP contribution is 2.34. The average Bonchev–Trinajstić information content (AvgIpc) is 2.98. The van der Waals surface area contributed by atoms with Crippen LogP contribution in [0, 0.1) is 21.7 Å². The minimum absolute atomic E-state index is 0.0588. The van der Waals surface area contributed by atoms with Crippen LogP contribution in [0.1, 0.15) is 5.56 Å². The fourth-order valence-electron chi connectivity index (χ4n) is 2.33. The van der Waals surface area contributed by atoms with Crippen molar-refractivity contribution in [1.82, 2.24) is 5.16 Å². The van der Waals surface area contributed by atoms with Gasteiger partial charge in [0.05, 0.1) is 22.7 Å². The van der Waals surface area contributed by atoms with E-state index < -0.39 is 23.2 Å². The van der Waals surface area contributed by atoms with Gasteiger partial charge in [0.25, 0.3) is 5.69 Å². The van der Waals surface area contributed by atoms with Gasteiger partial charge in [0, 0.05) is 23.8 Å². The lowest BCUT2D eigenvalue weighted by atomic mass is 10.0. The lowest BCUT2D eigenvalue weighted by Gasteiger charge is -2.03. The van der Waals surface area contributed by atoms with Gasteiger partial charge >= 0.3 is 0 Å². The summed E-state index contributed by atoms with van der Waals surface area (Å²) in [5.74, 6) is -1.68. The maximum absolute atomic E-state index is 13.9. The van der Waals surface area contributed by atoms with E-state index in [1.165, 1.54) is 24.3 Å². The maximum atomic E-state index is 13.9. The number of halogens is 2. The van der Waals surface area contributed by atoms with E-state index in [4.69, 9.17) is 4.52 Å². The Balaban J connectivity index is 2.14. The number of hydrogen-bond acceptors (Lipinski definition) is 5. The summed E-state index contributed by atoms with van der Waals surface area (Å²) in [6.07, 6.45) is 0. The zero-order valence-electron chi connectivity index (χ0n) is 12.1. The van der Waals surface area contributed by atoms with E-state index in [1.54, 1.807) is 6.07 Å². The summed E-state index contributed by atoms with van der Waals surface area (Å²) in [6.45, 7) is -0.534. The summed E-state index contributed by atoms with van der Waals surface area (Å²) in [7, 11) is 0. The van der Waals surface area contributed by atoms with Gasteiger partial charge in [-0.15, -0.1) is 0 Å². The number of aliphatic hydroxyl groups is 1. The number of aromatic nitrogens is 1. The second kappa shape index (κ2) is 6.17. The van der Waals surface area contributed by atoms with Crippen LogP contribution in [0.2, 0.25) is 0 Å². The Morgan fingerprint density at radius 3 is 2.67 bits per heavy atom. The summed E-state index contributed by atoms with van der Waals surface area (Å²) < 4.78 is 32.1. The number of nitro benzene ring substituents is 1. The van der Waals surface area contributed by atoms with Crippen LogP contribution in [-0.4, -0.2) is 15.2 Å². The first-order chi connectivity index (χ1) is 11.5. The molecule has 3 rings (SSSR count). The quantitative estimate of drug-likeness (QED) is 0.581. The summed E-state index contributed by atoms with van der Waals surface area (Å²) in [5, 5.41) is 24.3. The standard InChI is InChI=1S/C16H10F2N2O4/c17-10-4-5-12(14(18)7-10)16-13(8-21)15(19-24-16)9-2-1-3-11(6-9)20(22)23/h1-7,21H,8H2. The first kappa shape index (κ1) is 15.8. The SMILES string of the molecule is O=[N+]([O-])c1cccc(-c2noc(-c3ccc(F)cc3F)c2CO)c1. The minimum atomic E-state index is -0.869. The van der Waals surface area contributed by atoms with Gasteiger partial charge in [0.15, 0.2) is 5.76 Å². The van der Waals surface area contributed by atoms with Crippen molar-refractivity contribution in [2.24, 2.45) is 0 Å². The molecule has 6 nitrogen and oxygen atoms in total. The number of benzene rings is 2. The van der Waals surface area contributed by atoms with Gasteiger partial charge in [-0.2, -0.15) is 0 Å². The summed E-state index contributed by atoms with van der Waals surface area (Å²) in [4.78, 5) is 10.3. The predicted octanol–water partition coefficient (Wildman–Crippen LogP) is 3.69. The van der Waals surface area contributed by atoms with E-state index >= 15 is 0 Å². The van der Waals surface area contributed by atoms with Gasteiger partial charge in [0.1, 0.15) is 17.3 Å². The van der Waals surface area contributed by atoms with Gasteiger partial charge < -0.3 is 9.63 Å². The molecule has 0 fully saturated rings. The highest BCUT2D eigenvalue weighted by molar-refractivity contribution is 5.73. The molecule has 1 aromatic heterocycles. The molecular formula is C16H10F2N2O4. The van der Waals surface area contributed by atoms with E-state index in [2.05, 4.69) is 5.16 Å². The third kappa shape index (κ3) is 2.74. The molecule has 0 aliphatic rings. The van der Waals surface area contributed by atoms with Crippen molar-refractivity contribution in [2.75, 3.05) is 0 Å². The average molecular weight is 332 g/mol. The van der Waals surface area contributed by atoms with Gasteiger partial charge in [-0.1, -0.05) is 17.3 Å². The lowest BCUT2D eigenvalue weighted by molar-refractivity contribution is -0.384. The van der Waals surface area contributed by atoms with Gasteiger partial charge in [-0.05, 0) is 12.1 Å². The first-order valence-corrected chi connectivity index (χ1v) is 6.81. The molecule has 0 bridgehead atoms. The molecule has 3 aromatic rings. The van der Waals surface area contributed by atoms with Crippen LogP contribution in [0.15, 0.2) is 47.0 Å². The molecule has 24 heavy (non-hydrogen) atoms. The second-order valence-electron chi connectivity index (χ2n) is 4.93. The van der Waals surface area contributed by atoms with Gasteiger partial charge in [0.2, 0.25) is 0 Å². The van der Waals surface area contributed by atoms with Gasteiger partial charge in [-0.25, -0.2) is 8.78 Å². The molecule has 2 aromatic carbocycles. The third-order valence-electron chi connectivity index (χ3n) is 3.45. The van der Waals surface area contributed by atoms with E-state index in [0.29, 0.717) is 11.6 Å². The Morgan fingerprint density at radius 2 is 2.00 bits per heavy atom. The molecule has 122 valence electrons. The molecule has 0 spiro atoms. The normalized spacial score (nSPS) is 10.8. The molecule has 1 N–H and O–H groups in total. The molecule has 0 aliphatic heterocycles. The number of non-ortho nitro benzene ring substituents is 1. The largest absolute Gasteiger partial charge is 0.391 e. The fraction of sp³-hybridized carbons (Fsp3) is 0.0625. The Kier molecular flexibility index (Phi) is 4.05. The molecule has 0 atom stereocenters. The Hall–Kier alpha value is -3.13. The summed E-state index contributed by atoms with van der Waals surface area (Å²) in [6, 6.07) is 8.49. The van der Waals surface area contributed by atoms with Crippen molar-refractivity contribution in [2.45, 2.75) is 6.61 Å². The van der Waals surface area contributed by atoms with Crippen LogP contribution in [0.4, 0.5) is 14.5 Å². The predicted molar refractivity (Wildman–Crippen MR) is 79.9 cm³/mol. The van der Waals surface area contributed by atoms with Crippen molar-refractivity contribution in [3.63, 3.8) is 0 Å². The Morgan fingerprint density at radius 1 is 1.21 bits per heavy atom. The van der Waals surface area contributed by atoms with Crippen LogP contribution in [0.5, 0.6) is 0 Å². The Labute approximate surface area is 134 Å². The molecule has 1 heterocycles. The fourth-order valence-corrected chi connectivity index (χ4v) is 2.33. The Bertz CT molecular complexity index is 924. The molecule has 0 aliphatic carbocycles. The topological polar surface area (TPSA) is 89.4 Å². The lowest BCUT2D eigenvalue weighted by Crippen LogP contribution is -1.93. The smallest absolute Gasteiger partial charge is 0.270 e. The van der Waals surface area contributed by atoms with Crippen molar-refractivity contribution in [1.29, 1.82) is 0 Å². The summed E-state index contributed by atoms with van der Waals surface area (Å²) >= 11 is 0. The zero-order valence-corrected chi connectivity index (χ0v) is 12.1. The molecule has 8 heteroatoms. The van der Waals surface area contributed by atoms with Crippen molar-refractivity contribution in [3.05, 3.63) is 69.8 Å². The minimum Gasteiger partial charge on any atom is -0.391 e.